The summed E-state index contributed by atoms with van der Waals surface area (Å²) >= 11 is 0. The highest BCUT2D eigenvalue weighted by molar-refractivity contribution is 5.76. The number of pyridine rings is 1. The molecule has 0 bridgehead atoms. The number of fused-ring (bicyclic) bond motifs is 2. The summed E-state index contributed by atoms with van der Waals surface area (Å²) in [5.41, 5.74) is 5.05. The van der Waals surface area contributed by atoms with Crippen molar-refractivity contribution < 1.29 is 4.74 Å². The average molecular weight is 251 g/mol. The molecule has 1 N–H and O–H groups in total. The predicted octanol–water partition coefficient (Wildman–Crippen LogP) is 2.87. The number of nitrogens with zero attached hydrogens (tertiary/aromatic N) is 2. The first-order valence-electron chi connectivity index (χ1n) is 6.39. The molecule has 0 unspecified atom stereocenters. The molecule has 4 heteroatoms. The van der Waals surface area contributed by atoms with E-state index >= 15 is 0 Å². The highest BCUT2D eigenvalue weighted by Crippen LogP contribution is 2.29. The molecule has 2 aromatic heterocycles. The summed E-state index contributed by atoms with van der Waals surface area (Å²) in [5.74, 6) is 1.86. The van der Waals surface area contributed by atoms with Crippen LogP contribution >= 0.6 is 0 Å². The van der Waals surface area contributed by atoms with Crippen molar-refractivity contribution >= 4 is 11.2 Å². The standard InChI is InChI=1S/C15H13N3O/c1-9-2-4-12-15(16-9)18-14(17-12)11-3-5-13-10(8-11)6-7-19-13/h2-5,8H,6-7H2,1H3,(H,16,17,18). The number of rotatable bonds is 1. The maximum absolute atomic E-state index is 5.52. The van der Waals surface area contributed by atoms with Gasteiger partial charge < -0.3 is 9.72 Å². The first kappa shape index (κ1) is 10.6. The number of hydrogen-bond acceptors (Lipinski definition) is 3. The van der Waals surface area contributed by atoms with Crippen molar-refractivity contribution in [2.45, 2.75) is 13.3 Å². The van der Waals surface area contributed by atoms with Gasteiger partial charge in [0.05, 0.1) is 12.1 Å². The van der Waals surface area contributed by atoms with E-state index in [0.717, 1.165) is 47.0 Å². The third-order valence-corrected chi connectivity index (χ3v) is 3.45. The predicted molar refractivity (Wildman–Crippen MR) is 73.3 cm³/mol. The summed E-state index contributed by atoms with van der Waals surface area (Å²) in [6.07, 6.45) is 0.973. The Balaban J connectivity index is 1.85. The lowest BCUT2D eigenvalue weighted by Gasteiger charge is -2.00. The second kappa shape index (κ2) is 3.82. The molecule has 19 heavy (non-hydrogen) atoms. The molecule has 4 nitrogen and oxygen atoms in total. The van der Waals surface area contributed by atoms with Gasteiger partial charge in [-0.1, -0.05) is 0 Å². The van der Waals surface area contributed by atoms with Crippen molar-refractivity contribution in [1.82, 2.24) is 15.0 Å². The van der Waals surface area contributed by atoms with Gasteiger partial charge in [-0.2, -0.15) is 0 Å². The Morgan fingerprint density at radius 3 is 3.05 bits per heavy atom. The molecule has 0 spiro atoms. The zero-order valence-electron chi connectivity index (χ0n) is 10.6. The molecule has 1 aromatic carbocycles. The summed E-state index contributed by atoms with van der Waals surface area (Å²) < 4.78 is 5.52. The largest absolute Gasteiger partial charge is 0.493 e. The first-order valence-corrected chi connectivity index (χ1v) is 6.39. The number of aromatic nitrogens is 3. The van der Waals surface area contributed by atoms with Gasteiger partial charge in [-0.05, 0) is 42.8 Å². The molecule has 0 saturated carbocycles. The van der Waals surface area contributed by atoms with Gasteiger partial charge in [-0.15, -0.1) is 0 Å². The van der Waals surface area contributed by atoms with Crippen LogP contribution in [0.4, 0.5) is 0 Å². The van der Waals surface area contributed by atoms with Crippen LogP contribution < -0.4 is 4.74 Å². The molecule has 0 aliphatic carbocycles. The fourth-order valence-corrected chi connectivity index (χ4v) is 2.46. The van der Waals surface area contributed by atoms with Crippen LogP contribution in [0.1, 0.15) is 11.3 Å². The van der Waals surface area contributed by atoms with Crippen molar-refractivity contribution in [3.05, 3.63) is 41.6 Å². The van der Waals surface area contributed by atoms with Gasteiger partial charge in [0, 0.05) is 17.7 Å². The Kier molecular flexibility index (Phi) is 2.12. The number of imidazole rings is 1. The molecule has 94 valence electrons. The van der Waals surface area contributed by atoms with Crippen molar-refractivity contribution in [3.63, 3.8) is 0 Å². The van der Waals surface area contributed by atoms with Gasteiger partial charge in [0.2, 0.25) is 0 Å². The second-order valence-electron chi connectivity index (χ2n) is 4.83. The number of aryl methyl sites for hydroxylation is 1. The molecule has 1 aliphatic rings. The van der Waals surface area contributed by atoms with E-state index in [-0.39, 0.29) is 0 Å². The highest BCUT2D eigenvalue weighted by Gasteiger charge is 2.14. The van der Waals surface area contributed by atoms with E-state index in [9.17, 15) is 0 Å². The van der Waals surface area contributed by atoms with Gasteiger partial charge >= 0.3 is 0 Å². The van der Waals surface area contributed by atoms with Crippen molar-refractivity contribution in [3.8, 4) is 17.1 Å². The Morgan fingerprint density at radius 2 is 2.11 bits per heavy atom. The number of nitrogens with one attached hydrogen (secondary N) is 1. The average Bonchev–Trinajstić information content (AvgIpc) is 3.02. The Morgan fingerprint density at radius 1 is 1.16 bits per heavy atom. The van der Waals surface area contributed by atoms with E-state index in [2.05, 4.69) is 21.0 Å². The summed E-state index contributed by atoms with van der Waals surface area (Å²) in [5, 5.41) is 0. The third kappa shape index (κ3) is 1.68. The summed E-state index contributed by atoms with van der Waals surface area (Å²) in [6, 6.07) is 10.2. The Hall–Kier alpha value is -2.36. The minimum absolute atomic E-state index is 0.770. The minimum atomic E-state index is 0.770. The SMILES string of the molecule is Cc1ccc2[nH]c(-c3ccc4c(c3)CCO4)nc2n1. The molecule has 0 radical (unpaired) electrons. The molecule has 0 atom stereocenters. The van der Waals surface area contributed by atoms with E-state index < -0.39 is 0 Å². The van der Waals surface area contributed by atoms with Gasteiger partial charge in [0.15, 0.2) is 5.65 Å². The molecule has 0 amide bonds. The van der Waals surface area contributed by atoms with Crippen LogP contribution in [0, 0.1) is 6.92 Å². The van der Waals surface area contributed by atoms with Gasteiger partial charge in [-0.25, -0.2) is 9.97 Å². The van der Waals surface area contributed by atoms with Crippen LogP contribution in [0.15, 0.2) is 30.3 Å². The summed E-state index contributed by atoms with van der Waals surface area (Å²) in [4.78, 5) is 12.3. The zero-order chi connectivity index (χ0) is 12.8. The zero-order valence-corrected chi connectivity index (χ0v) is 10.6. The Bertz CT molecular complexity index is 776. The van der Waals surface area contributed by atoms with Gasteiger partial charge in [0.1, 0.15) is 11.6 Å². The van der Waals surface area contributed by atoms with E-state index in [1.807, 2.05) is 31.2 Å². The lowest BCUT2D eigenvalue weighted by Crippen LogP contribution is -1.85. The number of H-pyrrole nitrogens is 1. The van der Waals surface area contributed by atoms with Crippen molar-refractivity contribution in [2.24, 2.45) is 0 Å². The van der Waals surface area contributed by atoms with E-state index in [1.54, 1.807) is 0 Å². The second-order valence-corrected chi connectivity index (χ2v) is 4.83. The highest BCUT2D eigenvalue weighted by atomic mass is 16.5. The first-order chi connectivity index (χ1) is 9.29. The molecule has 1 aliphatic heterocycles. The molecule has 3 aromatic rings. The number of aromatic amines is 1. The molecule has 4 rings (SSSR count). The van der Waals surface area contributed by atoms with Crippen molar-refractivity contribution in [2.75, 3.05) is 6.61 Å². The molecule has 0 saturated heterocycles. The van der Waals surface area contributed by atoms with Gasteiger partial charge in [-0.3, -0.25) is 0 Å². The molecular formula is C15H13N3O. The quantitative estimate of drug-likeness (QED) is 0.723. The minimum Gasteiger partial charge on any atom is -0.493 e. The maximum atomic E-state index is 5.52. The smallest absolute Gasteiger partial charge is 0.178 e. The van der Waals surface area contributed by atoms with Crippen molar-refractivity contribution in [1.29, 1.82) is 0 Å². The van der Waals surface area contributed by atoms with Crippen LogP contribution in [0.5, 0.6) is 5.75 Å². The van der Waals surface area contributed by atoms with Crippen LogP contribution in [0.25, 0.3) is 22.6 Å². The van der Waals surface area contributed by atoms with Crippen LogP contribution in [0.3, 0.4) is 0 Å². The molecule has 0 fully saturated rings. The normalized spacial score (nSPS) is 13.5. The number of ether oxygens (including phenoxy) is 1. The number of benzene rings is 1. The van der Waals surface area contributed by atoms with E-state index in [0.29, 0.717) is 0 Å². The van der Waals surface area contributed by atoms with Crippen LogP contribution in [0.2, 0.25) is 0 Å². The monoisotopic (exact) mass is 251 g/mol. The van der Waals surface area contributed by atoms with Crippen LogP contribution in [-0.4, -0.2) is 21.6 Å². The topological polar surface area (TPSA) is 50.8 Å². The van der Waals surface area contributed by atoms with Gasteiger partial charge in [0.25, 0.3) is 0 Å². The van der Waals surface area contributed by atoms with Crippen LogP contribution in [-0.2, 0) is 6.42 Å². The lowest BCUT2D eigenvalue weighted by atomic mass is 10.1. The summed E-state index contributed by atoms with van der Waals surface area (Å²) in [7, 11) is 0. The van der Waals surface area contributed by atoms with E-state index in [1.165, 1.54) is 5.56 Å². The van der Waals surface area contributed by atoms with E-state index in [4.69, 9.17) is 4.74 Å². The summed E-state index contributed by atoms with van der Waals surface area (Å²) in [6.45, 7) is 2.75. The fourth-order valence-electron chi connectivity index (χ4n) is 2.46. The molecule has 3 heterocycles. The Labute approximate surface area is 110 Å². The number of hydrogen-bond donors (Lipinski definition) is 1. The fraction of sp³-hybridized carbons (Fsp3) is 0.200. The third-order valence-electron chi connectivity index (χ3n) is 3.45. The molecular weight excluding hydrogens is 238 g/mol. The maximum Gasteiger partial charge on any atom is 0.178 e. The lowest BCUT2D eigenvalue weighted by molar-refractivity contribution is 0.357.